The molecule has 0 heterocycles. The minimum atomic E-state index is -0.448. The molecule has 0 spiro atoms. The smallest absolute Gasteiger partial charge is 0.256 e. The lowest BCUT2D eigenvalue weighted by Gasteiger charge is -2.12. The zero-order valence-corrected chi connectivity index (χ0v) is 13.7. The molecule has 2 rings (SSSR count). The SMILES string of the molecule is Cc1ccc(F)cc1C(=O)Nc1c(Br)cc(N)cc1Br. The molecule has 1 amide bonds. The molecule has 0 aliphatic heterocycles. The second-order valence-corrected chi connectivity index (χ2v) is 5.98. The van der Waals surface area contributed by atoms with Crippen molar-refractivity contribution in [1.82, 2.24) is 0 Å². The van der Waals surface area contributed by atoms with Gasteiger partial charge in [0.2, 0.25) is 0 Å². The zero-order valence-electron chi connectivity index (χ0n) is 10.5. The number of anilines is 2. The number of nitrogens with one attached hydrogen (secondary N) is 1. The highest BCUT2D eigenvalue weighted by atomic mass is 79.9. The Labute approximate surface area is 132 Å². The molecule has 6 heteroatoms. The van der Waals surface area contributed by atoms with Gasteiger partial charge in [-0.05, 0) is 68.6 Å². The van der Waals surface area contributed by atoms with Crippen LogP contribution < -0.4 is 11.1 Å². The predicted octanol–water partition coefficient (Wildman–Crippen LogP) is 4.49. The van der Waals surface area contributed by atoms with Crippen molar-refractivity contribution < 1.29 is 9.18 Å². The Hall–Kier alpha value is -1.40. The molecule has 0 unspecified atom stereocenters. The number of rotatable bonds is 2. The summed E-state index contributed by atoms with van der Waals surface area (Å²) < 4.78 is 14.5. The number of halogens is 3. The van der Waals surface area contributed by atoms with Crippen molar-refractivity contribution in [2.75, 3.05) is 11.1 Å². The quantitative estimate of drug-likeness (QED) is 0.728. The van der Waals surface area contributed by atoms with Crippen LogP contribution in [0.15, 0.2) is 39.3 Å². The topological polar surface area (TPSA) is 55.1 Å². The maximum atomic E-state index is 13.2. The minimum Gasteiger partial charge on any atom is -0.399 e. The van der Waals surface area contributed by atoms with E-state index in [2.05, 4.69) is 37.2 Å². The van der Waals surface area contributed by atoms with Crippen LogP contribution in [0.25, 0.3) is 0 Å². The summed E-state index contributed by atoms with van der Waals surface area (Å²) in [5.41, 5.74) is 7.79. The van der Waals surface area contributed by atoms with E-state index >= 15 is 0 Å². The average molecular weight is 402 g/mol. The van der Waals surface area contributed by atoms with Crippen LogP contribution in [0.3, 0.4) is 0 Å². The monoisotopic (exact) mass is 400 g/mol. The summed E-state index contributed by atoms with van der Waals surface area (Å²) in [7, 11) is 0. The summed E-state index contributed by atoms with van der Waals surface area (Å²) >= 11 is 6.67. The maximum absolute atomic E-state index is 13.2. The number of carbonyl (C=O) groups is 1. The van der Waals surface area contributed by atoms with Gasteiger partial charge < -0.3 is 11.1 Å². The van der Waals surface area contributed by atoms with Crippen molar-refractivity contribution in [3.63, 3.8) is 0 Å². The first kappa shape index (κ1) is 15.0. The standard InChI is InChI=1S/C14H11Br2FN2O/c1-7-2-3-8(17)4-10(7)14(20)19-13-11(15)5-9(18)6-12(13)16/h2-6H,18H2,1H3,(H,19,20). The van der Waals surface area contributed by atoms with Gasteiger partial charge in [0.15, 0.2) is 0 Å². The van der Waals surface area contributed by atoms with E-state index < -0.39 is 5.82 Å². The number of aryl methyl sites for hydroxylation is 1. The third-order valence-corrected chi connectivity index (χ3v) is 4.00. The first-order chi connectivity index (χ1) is 9.38. The van der Waals surface area contributed by atoms with Crippen LogP contribution in [0.1, 0.15) is 15.9 Å². The Kier molecular flexibility index (Phi) is 4.45. The summed E-state index contributed by atoms with van der Waals surface area (Å²) in [5, 5.41) is 2.74. The highest BCUT2D eigenvalue weighted by molar-refractivity contribution is 9.11. The molecule has 0 radical (unpaired) electrons. The lowest BCUT2D eigenvalue weighted by molar-refractivity contribution is 0.102. The van der Waals surface area contributed by atoms with Crippen molar-refractivity contribution in [1.29, 1.82) is 0 Å². The summed E-state index contributed by atoms with van der Waals surface area (Å²) in [6, 6.07) is 7.46. The van der Waals surface area contributed by atoms with Gasteiger partial charge in [0.05, 0.1) is 5.69 Å². The molecule has 0 saturated heterocycles. The average Bonchev–Trinajstić information content (AvgIpc) is 2.36. The van der Waals surface area contributed by atoms with E-state index in [1.165, 1.54) is 12.1 Å². The Morgan fingerprint density at radius 3 is 2.40 bits per heavy atom. The van der Waals surface area contributed by atoms with Gasteiger partial charge in [0, 0.05) is 20.2 Å². The third-order valence-electron chi connectivity index (χ3n) is 2.75. The first-order valence-corrected chi connectivity index (χ1v) is 7.29. The first-order valence-electron chi connectivity index (χ1n) is 5.70. The largest absolute Gasteiger partial charge is 0.399 e. The molecule has 0 aromatic heterocycles. The highest BCUT2D eigenvalue weighted by Crippen LogP contribution is 2.33. The van der Waals surface area contributed by atoms with Crippen LogP contribution >= 0.6 is 31.9 Å². The van der Waals surface area contributed by atoms with Crippen molar-refractivity contribution in [2.45, 2.75) is 6.92 Å². The fraction of sp³-hybridized carbons (Fsp3) is 0.0714. The summed E-state index contributed by atoms with van der Waals surface area (Å²) in [6.07, 6.45) is 0. The maximum Gasteiger partial charge on any atom is 0.256 e. The number of nitrogens with two attached hydrogens (primary N) is 1. The summed E-state index contributed by atoms with van der Waals surface area (Å²) in [6.45, 7) is 1.75. The molecule has 0 aliphatic carbocycles. The lowest BCUT2D eigenvalue weighted by Crippen LogP contribution is -2.14. The van der Waals surface area contributed by atoms with Gasteiger partial charge in [-0.1, -0.05) is 6.07 Å². The van der Waals surface area contributed by atoms with Crippen LogP contribution in [0, 0.1) is 12.7 Å². The number of amides is 1. The fourth-order valence-electron chi connectivity index (χ4n) is 1.73. The van der Waals surface area contributed by atoms with Crippen LogP contribution in [-0.2, 0) is 0 Å². The normalized spacial score (nSPS) is 10.4. The van der Waals surface area contributed by atoms with Gasteiger partial charge in [-0.2, -0.15) is 0 Å². The number of hydrogen-bond donors (Lipinski definition) is 2. The van der Waals surface area contributed by atoms with Crippen LogP contribution in [-0.4, -0.2) is 5.91 Å². The van der Waals surface area contributed by atoms with E-state index in [0.29, 0.717) is 31.4 Å². The van der Waals surface area contributed by atoms with Crippen LogP contribution in [0.4, 0.5) is 15.8 Å². The van der Waals surface area contributed by atoms with Gasteiger partial charge in [0.1, 0.15) is 5.82 Å². The van der Waals surface area contributed by atoms with Crippen LogP contribution in [0.5, 0.6) is 0 Å². The molecule has 2 aromatic carbocycles. The molecule has 2 aromatic rings. The van der Waals surface area contributed by atoms with Crippen LogP contribution in [0.2, 0.25) is 0 Å². The second-order valence-electron chi connectivity index (χ2n) is 4.27. The van der Waals surface area contributed by atoms with Crippen molar-refractivity contribution in [3.05, 3.63) is 56.2 Å². The number of carbonyl (C=O) groups excluding carboxylic acids is 1. The van der Waals surface area contributed by atoms with Crippen molar-refractivity contribution in [3.8, 4) is 0 Å². The molecular weight excluding hydrogens is 391 g/mol. The molecule has 0 atom stereocenters. The second kappa shape index (κ2) is 5.93. The lowest BCUT2D eigenvalue weighted by atomic mass is 10.1. The number of hydrogen-bond acceptors (Lipinski definition) is 2. The summed E-state index contributed by atoms with van der Waals surface area (Å²) in [5.74, 6) is -0.829. The van der Waals surface area contributed by atoms with Gasteiger partial charge in [-0.15, -0.1) is 0 Å². The van der Waals surface area contributed by atoms with E-state index in [4.69, 9.17) is 5.73 Å². The Morgan fingerprint density at radius 2 is 1.80 bits per heavy atom. The Bertz CT molecular complexity index is 666. The van der Waals surface area contributed by atoms with Gasteiger partial charge in [-0.3, -0.25) is 4.79 Å². The van der Waals surface area contributed by atoms with Gasteiger partial charge >= 0.3 is 0 Å². The summed E-state index contributed by atoms with van der Waals surface area (Å²) in [4.78, 5) is 12.2. The van der Waals surface area contributed by atoms with Gasteiger partial charge in [-0.25, -0.2) is 4.39 Å². The predicted molar refractivity (Wildman–Crippen MR) is 85.3 cm³/mol. The molecule has 3 nitrogen and oxygen atoms in total. The Balaban J connectivity index is 2.35. The molecule has 0 aliphatic rings. The fourth-order valence-corrected chi connectivity index (χ4v) is 3.15. The molecule has 20 heavy (non-hydrogen) atoms. The number of benzene rings is 2. The molecule has 0 bridgehead atoms. The number of nitrogen functional groups attached to an aromatic ring is 1. The molecule has 104 valence electrons. The highest BCUT2D eigenvalue weighted by Gasteiger charge is 2.14. The molecule has 0 saturated carbocycles. The van der Waals surface area contributed by atoms with Gasteiger partial charge in [0.25, 0.3) is 5.91 Å². The van der Waals surface area contributed by atoms with E-state index in [0.717, 1.165) is 0 Å². The van der Waals surface area contributed by atoms with E-state index in [9.17, 15) is 9.18 Å². The Morgan fingerprint density at radius 1 is 1.20 bits per heavy atom. The molecular formula is C14H11Br2FN2O. The van der Waals surface area contributed by atoms with Crippen molar-refractivity contribution in [2.24, 2.45) is 0 Å². The van der Waals surface area contributed by atoms with E-state index in [-0.39, 0.29) is 5.91 Å². The van der Waals surface area contributed by atoms with Crippen molar-refractivity contribution >= 4 is 49.1 Å². The zero-order chi connectivity index (χ0) is 14.9. The molecule has 3 N–H and O–H groups in total. The third kappa shape index (κ3) is 3.19. The minimum absolute atomic E-state index is 0.292. The van der Waals surface area contributed by atoms with E-state index in [1.54, 1.807) is 25.1 Å². The molecule has 0 fully saturated rings. The van der Waals surface area contributed by atoms with E-state index in [1.807, 2.05) is 0 Å².